The largest absolute Gasteiger partial charge is 0.315 e. The van der Waals surface area contributed by atoms with Crippen molar-refractivity contribution in [2.75, 3.05) is 5.75 Å². The number of hydrogen-bond acceptors (Lipinski definition) is 2. The fourth-order valence-corrected chi connectivity index (χ4v) is 0.969. The van der Waals surface area contributed by atoms with Crippen LogP contribution in [0.1, 0.15) is 0 Å². The molecule has 1 heterocycles. The van der Waals surface area contributed by atoms with Crippen molar-refractivity contribution in [3.05, 3.63) is 34.7 Å². The fraction of sp³-hybridized carbons (Fsp3) is 0.286. The number of rotatable bonds is 2. The second-order valence-electron chi connectivity index (χ2n) is 1.96. The molecule has 0 aliphatic heterocycles. The highest BCUT2D eigenvalue weighted by molar-refractivity contribution is 7.80. The third-order valence-electron chi connectivity index (χ3n) is 1.24. The third kappa shape index (κ3) is 1.64. The molecule has 1 aromatic rings. The molecule has 0 aliphatic carbocycles. The maximum absolute atomic E-state index is 10.9. The Morgan fingerprint density at radius 2 is 2.30 bits per heavy atom. The lowest BCUT2D eigenvalue weighted by Crippen LogP contribution is -2.18. The monoisotopic (exact) mass is 155 g/mol. The summed E-state index contributed by atoms with van der Waals surface area (Å²) in [6.07, 6.45) is 1.76. The van der Waals surface area contributed by atoms with Gasteiger partial charge in [0.05, 0.1) is 0 Å². The molecule has 0 saturated heterocycles. The summed E-state index contributed by atoms with van der Waals surface area (Å²) in [5.74, 6) is 0.698. The summed E-state index contributed by atoms with van der Waals surface area (Å²) in [5.41, 5.74) is 0.0385. The number of aryl methyl sites for hydroxylation is 1. The Bertz CT molecular complexity index is 256. The molecule has 54 valence electrons. The van der Waals surface area contributed by atoms with Crippen molar-refractivity contribution in [3.63, 3.8) is 0 Å². The average Bonchev–Trinajstić information content (AvgIpc) is 1.94. The van der Waals surface area contributed by atoms with E-state index in [2.05, 4.69) is 12.6 Å². The van der Waals surface area contributed by atoms with Gasteiger partial charge in [-0.15, -0.1) is 0 Å². The Hall–Kier alpha value is -0.700. The predicted octanol–water partition coefficient (Wildman–Crippen LogP) is 0.778. The lowest BCUT2D eigenvalue weighted by molar-refractivity contribution is 0.736. The van der Waals surface area contributed by atoms with Crippen LogP contribution in [0.2, 0.25) is 0 Å². The minimum atomic E-state index is 0.0385. The van der Waals surface area contributed by atoms with Gasteiger partial charge in [0.2, 0.25) is 0 Å². The summed E-state index contributed by atoms with van der Waals surface area (Å²) < 4.78 is 1.63. The Labute approximate surface area is 64.9 Å². The van der Waals surface area contributed by atoms with E-state index in [0.29, 0.717) is 12.3 Å². The van der Waals surface area contributed by atoms with E-state index >= 15 is 0 Å². The number of hydrogen-bond donors (Lipinski definition) is 1. The molecule has 0 aromatic carbocycles. The summed E-state index contributed by atoms with van der Waals surface area (Å²) in [6.45, 7) is 0.683. The van der Waals surface area contributed by atoms with Gasteiger partial charge in [0.15, 0.2) is 0 Å². The topological polar surface area (TPSA) is 22.0 Å². The van der Waals surface area contributed by atoms with Crippen molar-refractivity contribution >= 4 is 12.6 Å². The molecule has 0 aliphatic rings. The van der Waals surface area contributed by atoms with Gasteiger partial charge in [0, 0.05) is 24.6 Å². The number of nitrogens with zero attached hydrogens (tertiary/aromatic N) is 1. The van der Waals surface area contributed by atoms with Gasteiger partial charge in [-0.3, -0.25) is 4.79 Å². The van der Waals surface area contributed by atoms with Crippen molar-refractivity contribution < 1.29 is 0 Å². The quantitative estimate of drug-likeness (QED) is 0.626. The summed E-state index contributed by atoms with van der Waals surface area (Å²) in [7, 11) is 0. The van der Waals surface area contributed by atoms with Gasteiger partial charge in [-0.25, -0.2) is 0 Å². The highest BCUT2D eigenvalue weighted by Gasteiger charge is 1.88. The summed E-state index contributed by atoms with van der Waals surface area (Å²) in [4.78, 5) is 10.9. The maximum atomic E-state index is 10.9. The lowest BCUT2D eigenvalue weighted by atomic mass is 10.5. The molecular formula is C7H9NOS. The van der Waals surface area contributed by atoms with Crippen LogP contribution in [-0.2, 0) is 6.54 Å². The normalized spacial score (nSPS) is 9.70. The van der Waals surface area contributed by atoms with Crippen molar-refractivity contribution in [1.29, 1.82) is 0 Å². The molecule has 3 heteroatoms. The maximum Gasteiger partial charge on any atom is 0.250 e. The van der Waals surface area contributed by atoms with Gasteiger partial charge in [0.1, 0.15) is 0 Å². The molecule has 1 aromatic heterocycles. The van der Waals surface area contributed by atoms with Crippen LogP contribution in [-0.4, -0.2) is 10.3 Å². The molecule has 0 fully saturated rings. The van der Waals surface area contributed by atoms with E-state index < -0.39 is 0 Å². The molecule has 1 rings (SSSR count). The smallest absolute Gasteiger partial charge is 0.250 e. The Kier molecular flexibility index (Phi) is 2.57. The molecule has 10 heavy (non-hydrogen) atoms. The van der Waals surface area contributed by atoms with Crippen molar-refractivity contribution in [2.24, 2.45) is 0 Å². The predicted molar refractivity (Wildman–Crippen MR) is 44.6 cm³/mol. The van der Waals surface area contributed by atoms with Crippen LogP contribution in [0.3, 0.4) is 0 Å². The average molecular weight is 155 g/mol. The van der Waals surface area contributed by atoms with E-state index in [0.717, 1.165) is 0 Å². The van der Waals surface area contributed by atoms with Crippen LogP contribution >= 0.6 is 12.6 Å². The van der Waals surface area contributed by atoms with Crippen molar-refractivity contribution in [1.82, 2.24) is 4.57 Å². The Morgan fingerprint density at radius 3 is 2.90 bits per heavy atom. The van der Waals surface area contributed by atoms with Gasteiger partial charge in [-0.2, -0.15) is 12.6 Å². The molecule has 0 bridgehead atoms. The molecule has 2 nitrogen and oxygen atoms in total. The number of thiol groups is 1. The molecule has 0 amide bonds. The second-order valence-corrected chi connectivity index (χ2v) is 2.40. The highest BCUT2D eigenvalue weighted by Crippen LogP contribution is 1.83. The van der Waals surface area contributed by atoms with Gasteiger partial charge in [-0.1, -0.05) is 6.07 Å². The SMILES string of the molecule is O=c1ccccn1CCS. The second kappa shape index (κ2) is 3.46. The van der Waals surface area contributed by atoms with Crippen LogP contribution in [0.5, 0.6) is 0 Å². The lowest BCUT2D eigenvalue weighted by Gasteiger charge is -1.99. The first-order valence-electron chi connectivity index (χ1n) is 3.11. The highest BCUT2D eigenvalue weighted by atomic mass is 32.1. The van der Waals surface area contributed by atoms with Crippen LogP contribution in [0, 0.1) is 0 Å². The molecule has 0 spiro atoms. The molecule has 0 radical (unpaired) electrons. The summed E-state index contributed by atoms with van der Waals surface area (Å²) in [5, 5.41) is 0. The molecule has 0 unspecified atom stereocenters. The van der Waals surface area contributed by atoms with Crippen LogP contribution in [0.4, 0.5) is 0 Å². The molecule has 0 saturated carbocycles. The molecule has 0 N–H and O–H groups in total. The van der Waals surface area contributed by atoms with E-state index in [1.54, 1.807) is 22.9 Å². The minimum Gasteiger partial charge on any atom is -0.315 e. The standard InChI is InChI=1S/C7H9NOS/c9-7-3-1-2-4-8(7)5-6-10/h1-4,10H,5-6H2. The first-order chi connectivity index (χ1) is 4.84. The van der Waals surface area contributed by atoms with Gasteiger partial charge in [-0.05, 0) is 6.07 Å². The van der Waals surface area contributed by atoms with Crippen molar-refractivity contribution in [2.45, 2.75) is 6.54 Å². The number of pyridine rings is 1. The van der Waals surface area contributed by atoms with E-state index in [4.69, 9.17) is 0 Å². The van der Waals surface area contributed by atoms with E-state index in [-0.39, 0.29) is 5.56 Å². The molecule has 0 atom stereocenters. The summed E-state index contributed by atoms with van der Waals surface area (Å²) in [6, 6.07) is 5.12. The first-order valence-corrected chi connectivity index (χ1v) is 3.74. The number of aromatic nitrogens is 1. The Balaban J connectivity index is 2.92. The third-order valence-corrected chi connectivity index (χ3v) is 1.44. The zero-order valence-electron chi connectivity index (χ0n) is 5.53. The Morgan fingerprint density at radius 1 is 1.50 bits per heavy atom. The van der Waals surface area contributed by atoms with E-state index in [9.17, 15) is 4.79 Å². The van der Waals surface area contributed by atoms with Gasteiger partial charge in [0.25, 0.3) is 5.56 Å². The van der Waals surface area contributed by atoms with Gasteiger partial charge >= 0.3 is 0 Å². The van der Waals surface area contributed by atoms with Crippen LogP contribution in [0.25, 0.3) is 0 Å². The summed E-state index contributed by atoms with van der Waals surface area (Å²) >= 11 is 4.02. The molecular weight excluding hydrogens is 146 g/mol. The van der Waals surface area contributed by atoms with E-state index in [1.807, 2.05) is 6.07 Å². The fourth-order valence-electron chi connectivity index (χ4n) is 0.753. The zero-order chi connectivity index (χ0) is 7.40. The zero-order valence-corrected chi connectivity index (χ0v) is 6.42. The first kappa shape index (κ1) is 7.41. The van der Waals surface area contributed by atoms with Crippen molar-refractivity contribution in [3.8, 4) is 0 Å². The minimum absolute atomic E-state index is 0.0385. The van der Waals surface area contributed by atoms with E-state index in [1.165, 1.54) is 0 Å². The van der Waals surface area contributed by atoms with Crippen LogP contribution in [0.15, 0.2) is 29.2 Å². The van der Waals surface area contributed by atoms with Crippen LogP contribution < -0.4 is 5.56 Å². The van der Waals surface area contributed by atoms with Gasteiger partial charge < -0.3 is 4.57 Å².